The van der Waals surface area contributed by atoms with Crippen molar-refractivity contribution in [1.29, 1.82) is 0 Å². The van der Waals surface area contributed by atoms with E-state index in [1.165, 1.54) is 7.11 Å². The summed E-state index contributed by atoms with van der Waals surface area (Å²) in [5, 5.41) is 1.23. The Morgan fingerprint density at radius 1 is 0.708 bits per heavy atom. The molecule has 0 fully saturated rings. The molecule has 0 radical (unpaired) electrons. The molecule has 0 saturated heterocycles. The molecule has 2 aromatic carbocycles. The second-order valence-electron chi connectivity index (χ2n) is 4.56. The van der Waals surface area contributed by atoms with Gasteiger partial charge in [-0.1, -0.05) is 24.3 Å². The van der Waals surface area contributed by atoms with Gasteiger partial charge in [0.2, 0.25) is 0 Å². The molecule has 128 valence electrons. The second-order valence-corrected chi connectivity index (χ2v) is 4.56. The molecule has 0 unspecified atom stereocenters. The zero-order valence-corrected chi connectivity index (χ0v) is 14.1. The molecule has 0 spiro atoms. The average molecular weight is 332 g/mol. The number of fused-ring (bicyclic) bond motifs is 1. The molecule has 0 aliphatic carbocycles. The Morgan fingerprint density at radius 2 is 1.04 bits per heavy atom. The van der Waals surface area contributed by atoms with E-state index in [0.29, 0.717) is 46.5 Å². The van der Waals surface area contributed by atoms with Gasteiger partial charge in [-0.3, -0.25) is 19.2 Å². The second kappa shape index (κ2) is 11.7. The van der Waals surface area contributed by atoms with Crippen LogP contribution in [0.3, 0.4) is 0 Å². The fourth-order valence-corrected chi connectivity index (χ4v) is 2.05. The van der Waals surface area contributed by atoms with Crippen molar-refractivity contribution in [3.63, 3.8) is 0 Å². The highest BCUT2D eigenvalue weighted by Gasteiger charge is 2.11. The van der Waals surface area contributed by atoms with Crippen molar-refractivity contribution in [2.24, 2.45) is 0 Å². The van der Waals surface area contributed by atoms with Crippen LogP contribution < -0.4 is 0 Å². The van der Waals surface area contributed by atoms with Crippen molar-refractivity contribution in [3.8, 4) is 0 Å². The number of carbonyl (C=O) groups excluding carboxylic acids is 4. The quantitative estimate of drug-likeness (QED) is 0.800. The van der Waals surface area contributed by atoms with Crippen LogP contribution >= 0.6 is 0 Å². The molecule has 24 heavy (non-hydrogen) atoms. The largest absolute Gasteiger partial charge is 0.471 e. The maximum Gasteiger partial charge on any atom is 0.292 e. The first-order valence-electron chi connectivity index (χ1n) is 6.84. The summed E-state index contributed by atoms with van der Waals surface area (Å²) in [6, 6.07) is 6.59. The minimum atomic E-state index is 0.375. The maximum atomic E-state index is 11.0. The third-order valence-corrected chi connectivity index (χ3v) is 2.94. The lowest BCUT2D eigenvalue weighted by Gasteiger charge is -2.09. The first-order chi connectivity index (χ1) is 11.6. The zero-order chi connectivity index (χ0) is 18.5. The maximum absolute atomic E-state index is 11.0. The Morgan fingerprint density at radius 3 is 1.38 bits per heavy atom. The Hall–Kier alpha value is -2.86. The first-order valence-corrected chi connectivity index (χ1v) is 6.84. The van der Waals surface area contributed by atoms with E-state index in [0.717, 1.165) is 11.8 Å². The number of aldehydes is 3. The van der Waals surface area contributed by atoms with Crippen LogP contribution in [0.4, 0.5) is 0 Å². The molecule has 0 saturated carbocycles. The topological polar surface area (TPSA) is 86.7 Å². The molecule has 6 nitrogen and oxygen atoms in total. The highest BCUT2D eigenvalue weighted by atomic mass is 16.5. The van der Waals surface area contributed by atoms with Gasteiger partial charge in [0, 0.05) is 36.3 Å². The third-order valence-electron chi connectivity index (χ3n) is 2.94. The highest BCUT2D eigenvalue weighted by Crippen LogP contribution is 2.27. The van der Waals surface area contributed by atoms with Crippen molar-refractivity contribution in [2.75, 3.05) is 21.3 Å². The van der Waals surface area contributed by atoms with Gasteiger partial charge in [0.15, 0.2) is 18.9 Å². The lowest BCUT2D eigenvalue weighted by atomic mass is 9.93. The van der Waals surface area contributed by atoms with E-state index in [1.54, 1.807) is 38.5 Å². The SMILES string of the molecule is COC.COC=O.Cc1ccc(C=O)c2c(C=O)ccc(C=O)c12. The minimum absolute atomic E-state index is 0.375. The monoisotopic (exact) mass is 332 g/mol. The lowest BCUT2D eigenvalue weighted by Crippen LogP contribution is -1.96. The van der Waals surface area contributed by atoms with E-state index in [2.05, 4.69) is 9.47 Å². The van der Waals surface area contributed by atoms with Gasteiger partial charge >= 0.3 is 0 Å². The molecule has 6 heteroatoms. The third kappa shape index (κ3) is 5.40. The number of rotatable bonds is 4. The van der Waals surface area contributed by atoms with Crippen molar-refractivity contribution >= 4 is 36.1 Å². The zero-order valence-electron chi connectivity index (χ0n) is 14.1. The summed E-state index contributed by atoms with van der Waals surface area (Å²) in [4.78, 5) is 41.9. The first kappa shape index (κ1) is 21.1. The Bertz CT molecular complexity index is 692. The predicted molar refractivity (Wildman–Crippen MR) is 90.9 cm³/mol. The van der Waals surface area contributed by atoms with Crippen LogP contribution in [0.5, 0.6) is 0 Å². The summed E-state index contributed by atoms with van der Waals surface area (Å²) in [6.45, 7) is 2.22. The minimum Gasteiger partial charge on any atom is -0.471 e. The number of hydrogen-bond acceptors (Lipinski definition) is 6. The number of hydrogen-bond donors (Lipinski definition) is 0. The van der Waals surface area contributed by atoms with Gasteiger partial charge < -0.3 is 9.47 Å². The van der Waals surface area contributed by atoms with Crippen LogP contribution in [-0.4, -0.2) is 46.7 Å². The Balaban J connectivity index is 0.000000648. The van der Waals surface area contributed by atoms with Crippen LogP contribution in [0.25, 0.3) is 10.8 Å². The van der Waals surface area contributed by atoms with Gasteiger partial charge in [-0.05, 0) is 17.9 Å². The highest BCUT2D eigenvalue weighted by molar-refractivity contribution is 6.12. The molecular formula is C18H20O6. The number of aryl methyl sites for hydroxylation is 1. The van der Waals surface area contributed by atoms with Crippen molar-refractivity contribution in [3.05, 3.63) is 46.5 Å². The van der Waals surface area contributed by atoms with Crippen molar-refractivity contribution in [2.45, 2.75) is 6.92 Å². The van der Waals surface area contributed by atoms with Crippen LogP contribution in [0, 0.1) is 6.92 Å². The van der Waals surface area contributed by atoms with Gasteiger partial charge in [-0.25, -0.2) is 0 Å². The fraction of sp³-hybridized carbons (Fsp3) is 0.222. The predicted octanol–water partition coefficient (Wildman–Crippen LogP) is 2.64. The van der Waals surface area contributed by atoms with E-state index < -0.39 is 0 Å². The molecule has 0 aromatic heterocycles. The van der Waals surface area contributed by atoms with Crippen molar-refractivity contribution < 1.29 is 28.7 Å². The van der Waals surface area contributed by atoms with Gasteiger partial charge in [-0.15, -0.1) is 0 Å². The van der Waals surface area contributed by atoms with Gasteiger partial charge in [0.05, 0.1) is 7.11 Å². The smallest absolute Gasteiger partial charge is 0.292 e. The molecule has 0 aliphatic rings. The summed E-state index contributed by atoms with van der Waals surface area (Å²) in [5.74, 6) is 0. The van der Waals surface area contributed by atoms with Crippen LogP contribution in [0.2, 0.25) is 0 Å². The normalized spacial score (nSPS) is 8.83. The summed E-state index contributed by atoms with van der Waals surface area (Å²) >= 11 is 0. The summed E-state index contributed by atoms with van der Waals surface area (Å²) in [6.07, 6.45) is 2.13. The lowest BCUT2D eigenvalue weighted by molar-refractivity contribution is -0.126. The van der Waals surface area contributed by atoms with Crippen LogP contribution in [0.15, 0.2) is 24.3 Å². The van der Waals surface area contributed by atoms with Crippen LogP contribution in [0.1, 0.15) is 36.6 Å². The molecule has 0 heterocycles. The fourth-order valence-electron chi connectivity index (χ4n) is 2.05. The Kier molecular flexibility index (Phi) is 10.3. The van der Waals surface area contributed by atoms with E-state index in [9.17, 15) is 14.4 Å². The Labute approximate surface area is 140 Å². The van der Waals surface area contributed by atoms with E-state index >= 15 is 0 Å². The van der Waals surface area contributed by atoms with E-state index in [1.807, 2.05) is 6.92 Å². The number of ether oxygens (including phenoxy) is 2. The number of methoxy groups -OCH3 is 2. The summed E-state index contributed by atoms with van der Waals surface area (Å²) in [7, 11) is 4.56. The molecule has 2 rings (SSSR count). The number of benzene rings is 2. The van der Waals surface area contributed by atoms with Gasteiger partial charge in [0.1, 0.15) is 0 Å². The van der Waals surface area contributed by atoms with Crippen molar-refractivity contribution in [1.82, 2.24) is 0 Å². The molecule has 0 bridgehead atoms. The molecule has 0 aliphatic heterocycles. The standard InChI is InChI=1S/C14H10O3.C2H4O2.C2H6O/c1-9-2-3-11(7-16)14-12(8-17)5-4-10(6-15)13(9)14;1-4-2-3;1-3-2/h2-8H,1H3;2H,1H3;1-2H3. The van der Waals surface area contributed by atoms with Gasteiger partial charge in [0.25, 0.3) is 6.47 Å². The molecule has 2 aromatic rings. The van der Waals surface area contributed by atoms with Crippen LogP contribution in [-0.2, 0) is 14.3 Å². The molecule has 0 N–H and O–H groups in total. The molecule has 0 amide bonds. The molecular weight excluding hydrogens is 312 g/mol. The average Bonchev–Trinajstić information content (AvgIpc) is 2.62. The number of carbonyl (C=O) groups is 4. The van der Waals surface area contributed by atoms with E-state index in [4.69, 9.17) is 4.79 Å². The molecule has 0 atom stereocenters. The van der Waals surface area contributed by atoms with E-state index in [-0.39, 0.29) is 0 Å². The summed E-state index contributed by atoms with van der Waals surface area (Å²) in [5.41, 5.74) is 2.22. The summed E-state index contributed by atoms with van der Waals surface area (Å²) < 4.78 is 8.11. The van der Waals surface area contributed by atoms with Gasteiger partial charge in [-0.2, -0.15) is 0 Å².